The molecule has 1 aliphatic carbocycles. The summed E-state index contributed by atoms with van der Waals surface area (Å²) < 4.78 is 26.2. The van der Waals surface area contributed by atoms with E-state index in [-0.39, 0.29) is 17.9 Å². The normalized spacial score (nSPS) is 27.3. The fourth-order valence-electron chi connectivity index (χ4n) is 2.78. The van der Waals surface area contributed by atoms with Gasteiger partial charge in [0.1, 0.15) is 0 Å². The monoisotopic (exact) mass is 267 g/mol. The molecule has 0 aliphatic heterocycles. The average Bonchev–Trinajstić information content (AvgIpc) is 2.42. The first-order chi connectivity index (χ1) is 8.98. The van der Waals surface area contributed by atoms with Gasteiger partial charge in [0.25, 0.3) is 0 Å². The summed E-state index contributed by atoms with van der Waals surface area (Å²) in [6, 6.07) is 3.32. The van der Waals surface area contributed by atoms with Gasteiger partial charge in [-0.25, -0.2) is 8.78 Å². The van der Waals surface area contributed by atoms with Crippen LogP contribution in [0.5, 0.6) is 0 Å². The number of ketones is 1. The molecule has 0 amide bonds. The van der Waals surface area contributed by atoms with Crippen molar-refractivity contribution in [2.45, 2.75) is 32.6 Å². The van der Waals surface area contributed by atoms with Crippen LogP contribution < -0.4 is 5.73 Å². The van der Waals surface area contributed by atoms with Crippen molar-refractivity contribution >= 4 is 5.78 Å². The van der Waals surface area contributed by atoms with E-state index >= 15 is 0 Å². The van der Waals surface area contributed by atoms with Gasteiger partial charge in [-0.3, -0.25) is 4.79 Å². The van der Waals surface area contributed by atoms with Crippen LogP contribution >= 0.6 is 0 Å². The highest BCUT2D eigenvalue weighted by Gasteiger charge is 2.40. The number of halogens is 2. The minimum Gasteiger partial charge on any atom is -0.329 e. The number of carbonyl (C=O) groups is 1. The Balaban J connectivity index is 2.28. The van der Waals surface area contributed by atoms with Crippen LogP contribution in [-0.4, -0.2) is 12.3 Å². The molecular weight excluding hydrogens is 248 g/mol. The molecule has 2 nitrogen and oxygen atoms in total. The van der Waals surface area contributed by atoms with Crippen molar-refractivity contribution in [1.82, 2.24) is 0 Å². The lowest BCUT2D eigenvalue weighted by atomic mass is 9.67. The highest BCUT2D eigenvalue weighted by molar-refractivity contribution is 6.00. The lowest BCUT2D eigenvalue weighted by Crippen LogP contribution is -2.41. The third-order valence-electron chi connectivity index (χ3n) is 4.29. The number of hydrogen-bond donors (Lipinski definition) is 1. The zero-order chi connectivity index (χ0) is 14.0. The molecule has 4 heteroatoms. The number of rotatable bonds is 3. The molecule has 0 radical (unpaired) electrons. The second-order valence-electron chi connectivity index (χ2n) is 5.62. The standard InChI is InChI=1S/C15H19F2NO/c1-10-4-6-15(9-18,7-5-10)14(19)11-2-3-12(16)13(17)8-11/h2-3,8,10H,4-7,9,18H2,1H3. The first-order valence-electron chi connectivity index (χ1n) is 6.68. The number of nitrogens with two attached hydrogens (primary N) is 1. The number of carbonyl (C=O) groups excluding carboxylic acids is 1. The van der Waals surface area contributed by atoms with Crippen molar-refractivity contribution in [1.29, 1.82) is 0 Å². The Labute approximate surface area is 112 Å². The Kier molecular flexibility index (Phi) is 3.99. The molecule has 0 aromatic heterocycles. The van der Waals surface area contributed by atoms with Gasteiger partial charge in [-0.05, 0) is 49.8 Å². The topological polar surface area (TPSA) is 43.1 Å². The molecule has 0 heterocycles. The van der Waals surface area contributed by atoms with Crippen LogP contribution in [0.25, 0.3) is 0 Å². The SMILES string of the molecule is CC1CCC(CN)(C(=O)c2ccc(F)c(F)c2)CC1. The first kappa shape index (κ1) is 14.1. The molecule has 2 rings (SSSR count). The van der Waals surface area contributed by atoms with E-state index in [0.29, 0.717) is 5.92 Å². The van der Waals surface area contributed by atoms with E-state index in [1.165, 1.54) is 6.07 Å². The Morgan fingerprint density at radius 1 is 1.32 bits per heavy atom. The lowest BCUT2D eigenvalue weighted by molar-refractivity contribution is 0.0695. The van der Waals surface area contributed by atoms with Gasteiger partial charge >= 0.3 is 0 Å². The quantitative estimate of drug-likeness (QED) is 0.854. The van der Waals surface area contributed by atoms with Gasteiger partial charge < -0.3 is 5.73 Å². The maximum absolute atomic E-state index is 13.2. The summed E-state index contributed by atoms with van der Waals surface area (Å²) in [6.07, 6.45) is 3.35. The van der Waals surface area contributed by atoms with Crippen LogP contribution in [0.3, 0.4) is 0 Å². The second kappa shape index (κ2) is 5.37. The van der Waals surface area contributed by atoms with Crippen LogP contribution in [0.1, 0.15) is 43.0 Å². The average molecular weight is 267 g/mol. The van der Waals surface area contributed by atoms with Crippen LogP contribution in [-0.2, 0) is 0 Å². The highest BCUT2D eigenvalue weighted by Crippen LogP contribution is 2.40. The fraction of sp³-hybridized carbons (Fsp3) is 0.533. The van der Waals surface area contributed by atoms with Crippen LogP contribution in [0.4, 0.5) is 8.78 Å². The minimum absolute atomic E-state index is 0.152. The van der Waals surface area contributed by atoms with Crippen molar-refractivity contribution in [2.75, 3.05) is 6.54 Å². The fourth-order valence-corrected chi connectivity index (χ4v) is 2.78. The van der Waals surface area contributed by atoms with Crippen molar-refractivity contribution in [3.05, 3.63) is 35.4 Å². The molecule has 0 spiro atoms. The molecule has 1 aromatic rings. The Bertz CT molecular complexity index is 479. The van der Waals surface area contributed by atoms with E-state index in [4.69, 9.17) is 5.73 Å². The molecule has 0 saturated heterocycles. The summed E-state index contributed by atoms with van der Waals surface area (Å²) in [5.74, 6) is -1.48. The smallest absolute Gasteiger partial charge is 0.170 e. The van der Waals surface area contributed by atoms with Gasteiger partial charge in [0.2, 0.25) is 0 Å². The molecule has 104 valence electrons. The van der Waals surface area contributed by atoms with Crippen LogP contribution in [0.2, 0.25) is 0 Å². The molecule has 0 unspecified atom stereocenters. The van der Waals surface area contributed by atoms with Crippen molar-refractivity contribution in [2.24, 2.45) is 17.1 Å². The zero-order valence-corrected chi connectivity index (χ0v) is 11.1. The molecule has 19 heavy (non-hydrogen) atoms. The van der Waals surface area contributed by atoms with Gasteiger partial charge in [-0.1, -0.05) is 6.92 Å². The molecule has 0 bridgehead atoms. The maximum Gasteiger partial charge on any atom is 0.170 e. The predicted molar refractivity (Wildman–Crippen MR) is 69.8 cm³/mol. The minimum atomic E-state index is -0.984. The molecule has 1 aromatic carbocycles. The maximum atomic E-state index is 13.2. The summed E-state index contributed by atoms with van der Waals surface area (Å²) in [5, 5.41) is 0. The number of hydrogen-bond acceptors (Lipinski definition) is 2. The second-order valence-corrected chi connectivity index (χ2v) is 5.62. The molecule has 2 N–H and O–H groups in total. The Morgan fingerprint density at radius 3 is 2.47 bits per heavy atom. The van der Waals surface area contributed by atoms with Crippen molar-refractivity contribution in [3.63, 3.8) is 0 Å². The molecule has 1 fully saturated rings. The predicted octanol–water partition coefficient (Wildman–Crippen LogP) is 3.30. The summed E-state index contributed by atoms with van der Waals surface area (Å²) in [7, 11) is 0. The van der Waals surface area contributed by atoms with E-state index in [1.54, 1.807) is 0 Å². The van der Waals surface area contributed by atoms with Gasteiger partial charge in [0.15, 0.2) is 17.4 Å². The van der Waals surface area contributed by atoms with Crippen LogP contribution in [0, 0.1) is 23.0 Å². The highest BCUT2D eigenvalue weighted by atomic mass is 19.2. The first-order valence-corrected chi connectivity index (χ1v) is 6.68. The molecular formula is C15H19F2NO. The molecule has 1 aliphatic rings. The van der Waals surface area contributed by atoms with Crippen molar-refractivity contribution < 1.29 is 13.6 Å². The van der Waals surface area contributed by atoms with E-state index in [0.717, 1.165) is 37.8 Å². The van der Waals surface area contributed by atoms with Gasteiger partial charge in [-0.2, -0.15) is 0 Å². The van der Waals surface area contributed by atoms with E-state index in [2.05, 4.69) is 6.92 Å². The summed E-state index contributed by atoms with van der Waals surface area (Å²) in [5.41, 5.74) is 5.42. The third kappa shape index (κ3) is 2.68. The zero-order valence-electron chi connectivity index (χ0n) is 11.1. The molecule has 0 atom stereocenters. The van der Waals surface area contributed by atoms with Gasteiger partial charge in [0, 0.05) is 17.5 Å². The van der Waals surface area contributed by atoms with E-state index in [1.807, 2.05) is 0 Å². The van der Waals surface area contributed by atoms with E-state index in [9.17, 15) is 13.6 Å². The summed E-state index contributed by atoms with van der Waals surface area (Å²) in [4.78, 5) is 12.6. The molecule has 1 saturated carbocycles. The summed E-state index contributed by atoms with van der Waals surface area (Å²) in [6.45, 7) is 2.42. The largest absolute Gasteiger partial charge is 0.329 e. The van der Waals surface area contributed by atoms with Crippen LogP contribution in [0.15, 0.2) is 18.2 Å². The Morgan fingerprint density at radius 2 is 1.95 bits per heavy atom. The van der Waals surface area contributed by atoms with Gasteiger partial charge in [-0.15, -0.1) is 0 Å². The van der Waals surface area contributed by atoms with Gasteiger partial charge in [0.05, 0.1) is 0 Å². The van der Waals surface area contributed by atoms with E-state index < -0.39 is 17.0 Å². The third-order valence-corrected chi connectivity index (χ3v) is 4.29. The summed E-state index contributed by atoms with van der Waals surface area (Å²) >= 11 is 0. The number of Topliss-reactive ketones (excluding diaryl/α,β-unsaturated/α-hetero) is 1. The Hall–Kier alpha value is -1.29. The lowest BCUT2D eigenvalue weighted by Gasteiger charge is -2.37. The van der Waals surface area contributed by atoms with Crippen molar-refractivity contribution in [3.8, 4) is 0 Å². The number of benzene rings is 1.